The second-order valence-electron chi connectivity index (χ2n) is 6.78. The van der Waals surface area contributed by atoms with Gasteiger partial charge in [-0.1, -0.05) is 42.0 Å². The van der Waals surface area contributed by atoms with Gasteiger partial charge in [0, 0.05) is 25.2 Å². The minimum Gasteiger partial charge on any atom is -0.350 e. The topological polar surface area (TPSA) is 75.4 Å². The van der Waals surface area contributed by atoms with Crippen molar-refractivity contribution in [2.24, 2.45) is 5.73 Å². The maximum Gasteiger partial charge on any atom is 0.241 e. The van der Waals surface area contributed by atoms with Crippen molar-refractivity contribution in [1.82, 2.24) is 5.32 Å². The SMILES string of the molecule is Cc1ccc(C(N)C(=O)NCc2ccc(N3CCCCC3=O)cc2)cc1.Cl. The van der Waals surface area contributed by atoms with Gasteiger partial charge in [-0.3, -0.25) is 9.59 Å². The summed E-state index contributed by atoms with van der Waals surface area (Å²) in [5.41, 5.74) is 9.86. The van der Waals surface area contributed by atoms with Crippen LogP contribution in [0, 0.1) is 6.92 Å². The molecule has 1 aliphatic heterocycles. The maximum atomic E-state index is 12.3. The first-order valence-corrected chi connectivity index (χ1v) is 9.04. The van der Waals surface area contributed by atoms with Gasteiger partial charge in [0.15, 0.2) is 0 Å². The average molecular weight is 388 g/mol. The minimum absolute atomic E-state index is 0. The number of anilines is 1. The highest BCUT2D eigenvalue weighted by Gasteiger charge is 2.19. The van der Waals surface area contributed by atoms with Gasteiger partial charge in [0.2, 0.25) is 11.8 Å². The number of hydrogen-bond donors (Lipinski definition) is 2. The molecule has 6 heteroatoms. The summed E-state index contributed by atoms with van der Waals surface area (Å²) < 4.78 is 0. The molecule has 5 nitrogen and oxygen atoms in total. The fourth-order valence-electron chi connectivity index (χ4n) is 3.10. The number of amides is 2. The molecule has 27 heavy (non-hydrogen) atoms. The Kier molecular flexibility index (Phi) is 7.39. The number of carbonyl (C=O) groups excluding carboxylic acids is 2. The molecule has 1 atom stereocenters. The van der Waals surface area contributed by atoms with Gasteiger partial charge in [0.1, 0.15) is 6.04 Å². The van der Waals surface area contributed by atoms with Crippen LogP contribution in [0.1, 0.15) is 42.0 Å². The van der Waals surface area contributed by atoms with Crippen LogP contribution in [-0.4, -0.2) is 18.4 Å². The largest absolute Gasteiger partial charge is 0.350 e. The number of nitrogens with zero attached hydrogens (tertiary/aromatic N) is 1. The van der Waals surface area contributed by atoms with Crippen LogP contribution in [0.5, 0.6) is 0 Å². The average Bonchev–Trinajstić information content (AvgIpc) is 2.67. The molecule has 1 saturated heterocycles. The predicted molar refractivity (Wildman–Crippen MR) is 110 cm³/mol. The molecule has 1 heterocycles. The Balaban J connectivity index is 0.00000261. The Morgan fingerprint density at radius 1 is 1.11 bits per heavy atom. The monoisotopic (exact) mass is 387 g/mol. The second kappa shape index (κ2) is 9.53. The lowest BCUT2D eigenvalue weighted by molar-refractivity contribution is -0.122. The van der Waals surface area contributed by atoms with Gasteiger partial charge in [0.05, 0.1) is 0 Å². The standard InChI is InChI=1S/C21H25N3O2.ClH/c1-15-5-9-17(10-6-15)20(22)21(26)23-14-16-7-11-18(12-8-16)24-13-3-2-4-19(24)25;/h5-12,20H,2-4,13-14,22H2,1H3,(H,23,26);1H. The molecule has 0 aromatic heterocycles. The van der Waals surface area contributed by atoms with Crippen molar-refractivity contribution in [3.05, 3.63) is 65.2 Å². The number of nitrogens with one attached hydrogen (secondary N) is 1. The summed E-state index contributed by atoms with van der Waals surface area (Å²) in [6, 6.07) is 14.7. The highest BCUT2D eigenvalue weighted by molar-refractivity contribution is 5.94. The molecular weight excluding hydrogens is 362 g/mol. The molecule has 0 bridgehead atoms. The van der Waals surface area contributed by atoms with Crippen LogP contribution in [0.4, 0.5) is 5.69 Å². The molecule has 2 aromatic rings. The number of piperidine rings is 1. The summed E-state index contributed by atoms with van der Waals surface area (Å²) in [5.74, 6) is -0.0227. The van der Waals surface area contributed by atoms with Crippen LogP contribution in [0.2, 0.25) is 0 Å². The molecule has 3 N–H and O–H groups in total. The van der Waals surface area contributed by atoms with Crippen LogP contribution >= 0.6 is 12.4 Å². The van der Waals surface area contributed by atoms with E-state index in [2.05, 4.69) is 5.32 Å². The van der Waals surface area contributed by atoms with Crippen LogP contribution in [0.3, 0.4) is 0 Å². The van der Waals surface area contributed by atoms with Crippen molar-refractivity contribution in [3.8, 4) is 0 Å². The molecule has 0 radical (unpaired) electrons. The zero-order chi connectivity index (χ0) is 18.5. The third-order valence-electron chi connectivity index (χ3n) is 4.76. The fraction of sp³-hybridized carbons (Fsp3) is 0.333. The number of rotatable bonds is 5. The minimum atomic E-state index is -0.680. The van der Waals surface area contributed by atoms with Crippen LogP contribution < -0.4 is 16.0 Å². The summed E-state index contributed by atoms with van der Waals surface area (Å²) in [7, 11) is 0. The number of hydrogen-bond acceptors (Lipinski definition) is 3. The Bertz CT molecular complexity index is 775. The van der Waals surface area contributed by atoms with E-state index in [0.717, 1.165) is 41.8 Å². The first kappa shape index (κ1) is 20.9. The highest BCUT2D eigenvalue weighted by atomic mass is 35.5. The van der Waals surface area contributed by atoms with Gasteiger partial charge in [0.25, 0.3) is 0 Å². The van der Waals surface area contributed by atoms with Gasteiger partial charge in [-0.2, -0.15) is 0 Å². The summed E-state index contributed by atoms with van der Waals surface area (Å²) in [4.78, 5) is 26.1. The summed E-state index contributed by atoms with van der Waals surface area (Å²) >= 11 is 0. The molecular formula is C21H26ClN3O2. The number of benzene rings is 2. The van der Waals surface area contributed by atoms with Gasteiger partial charge < -0.3 is 16.0 Å². The molecule has 1 unspecified atom stereocenters. The first-order chi connectivity index (χ1) is 12.5. The van der Waals surface area contributed by atoms with Gasteiger partial charge in [-0.15, -0.1) is 12.4 Å². The molecule has 144 valence electrons. The van der Waals surface area contributed by atoms with Gasteiger partial charge in [-0.05, 0) is 43.0 Å². The quantitative estimate of drug-likeness (QED) is 0.826. The molecule has 3 rings (SSSR count). The van der Waals surface area contributed by atoms with E-state index < -0.39 is 6.04 Å². The third-order valence-corrected chi connectivity index (χ3v) is 4.76. The van der Waals surface area contributed by atoms with Crippen molar-refractivity contribution in [1.29, 1.82) is 0 Å². The lowest BCUT2D eigenvalue weighted by Crippen LogP contribution is -2.35. The summed E-state index contributed by atoms with van der Waals surface area (Å²) in [6.07, 6.45) is 2.63. The molecule has 0 aliphatic carbocycles. The van der Waals surface area contributed by atoms with Crippen molar-refractivity contribution in [2.75, 3.05) is 11.4 Å². The normalized spacial score (nSPS) is 15.0. The van der Waals surface area contributed by atoms with Crippen molar-refractivity contribution >= 4 is 29.9 Å². The lowest BCUT2D eigenvalue weighted by Gasteiger charge is -2.26. The van der Waals surface area contributed by atoms with Gasteiger partial charge in [-0.25, -0.2) is 0 Å². The van der Waals surface area contributed by atoms with E-state index >= 15 is 0 Å². The molecule has 0 saturated carbocycles. The number of carbonyl (C=O) groups is 2. The Morgan fingerprint density at radius 2 is 1.78 bits per heavy atom. The van der Waals surface area contributed by atoms with E-state index in [0.29, 0.717) is 13.0 Å². The second-order valence-corrected chi connectivity index (χ2v) is 6.78. The van der Waals surface area contributed by atoms with E-state index in [1.807, 2.05) is 60.4 Å². The smallest absolute Gasteiger partial charge is 0.241 e. The Hall–Kier alpha value is -2.37. The van der Waals surface area contributed by atoms with E-state index in [4.69, 9.17) is 5.73 Å². The van der Waals surface area contributed by atoms with E-state index in [-0.39, 0.29) is 24.2 Å². The van der Waals surface area contributed by atoms with Crippen LogP contribution in [-0.2, 0) is 16.1 Å². The predicted octanol–water partition coefficient (Wildman–Crippen LogP) is 3.25. The van der Waals surface area contributed by atoms with Gasteiger partial charge >= 0.3 is 0 Å². The molecule has 1 fully saturated rings. The highest BCUT2D eigenvalue weighted by Crippen LogP contribution is 2.21. The van der Waals surface area contributed by atoms with Crippen LogP contribution in [0.25, 0.3) is 0 Å². The van der Waals surface area contributed by atoms with Crippen LogP contribution in [0.15, 0.2) is 48.5 Å². The molecule has 2 amide bonds. The van der Waals surface area contributed by atoms with Crippen molar-refractivity contribution in [3.63, 3.8) is 0 Å². The van der Waals surface area contributed by atoms with Crippen molar-refractivity contribution < 1.29 is 9.59 Å². The Labute approximate surface area is 166 Å². The fourth-order valence-corrected chi connectivity index (χ4v) is 3.10. The van der Waals surface area contributed by atoms with Crippen molar-refractivity contribution in [2.45, 2.75) is 38.8 Å². The molecule has 0 spiro atoms. The number of halogens is 1. The Morgan fingerprint density at radius 3 is 2.41 bits per heavy atom. The maximum absolute atomic E-state index is 12.3. The molecule has 1 aliphatic rings. The third kappa shape index (κ3) is 5.31. The van der Waals surface area contributed by atoms with E-state index in [1.165, 1.54) is 0 Å². The van der Waals surface area contributed by atoms with E-state index in [9.17, 15) is 9.59 Å². The number of nitrogens with two attached hydrogens (primary N) is 1. The summed E-state index contributed by atoms with van der Waals surface area (Å²) in [5, 5.41) is 2.88. The zero-order valence-corrected chi connectivity index (χ0v) is 16.3. The molecule has 2 aromatic carbocycles. The lowest BCUT2D eigenvalue weighted by atomic mass is 10.1. The first-order valence-electron chi connectivity index (χ1n) is 9.04. The number of aryl methyl sites for hydroxylation is 1. The zero-order valence-electron chi connectivity index (χ0n) is 15.5. The van der Waals surface area contributed by atoms with E-state index in [1.54, 1.807) is 0 Å². The summed E-state index contributed by atoms with van der Waals surface area (Å²) in [6.45, 7) is 3.18.